The van der Waals surface area contributed by atoms with E-state index in [-0.39, 0.29) is 18.1 Å². The van der Waals surface area contributed by atoms with Gasteiger partial charge in [0.2, 0.25) is 0 Å². The second-order valence-electron chi connectivity index (χ2n) is 5.74. The van der Waals surface area contributed by atoms with E-state index in [1.165, 1.54) is 24.3 Å². The molecule has 136 valence electrons. The molecular weight excluding hydrogens is 346 g/mol. The molecular formula is C21H17NO5. The molecule has 0 aromatic heterocycles. The fourth-order valence-corrected chi connectivity index (χ4v) is 2.52. The van der Waals surface area contributed by atoms with Gasteiger partial charge in [-0.05, 0) is 47.2 Å². The zero-order chi connectivity index (χ0) is 19.2. The van der Waals surface area contributed by atoms with Gasteiger partial charge in [-0.3, -0.25) is 9.59 Å². The number of amides is 1. The van der Waals surface area contributed by atoms with E-state index in [0.29, 0.717) is 11.4 Å². The van der Waals surface area contributed by atoms with Crippen LogP contribution in [0.1, 0.15) is 10.4 Å². The largest absolute Gasteiger partial charge is 0.484 e. The van der Waals surface area contributed by atoms with E-state index in [9.17, 15) is 14.4 Å². The van der Waals surface area contributed by atoms with Crippen molar-refractivity contribution in [3.8, 4) is 5.75 Å². The van der Waals surface area contributed by atoms with Gasteiger partial charge in [0.05, 0.1) is 7.11 Å². The summed E-state index contributed by atoms with van der Waals surface area (Å²) in [5.41, 5.74) is 0.677. The first-order chi connectivity index (χ1) is 13.1. The van der Waals surface area contributed by atoms with Gasteiger partial charge in [0.1, 0.15) is 5.75 Å². The van der Waals surface area contributed by atoms with Crippen molar-refractivity contribution in [2.75, 3.05) is 19.0 Å². The Morgan fingerprint density at radius 3 is 2.30 bits per heavy atom. The van der Waals surface area contributed by atoms with Crippen molar-refractivity contribution in [2.24, 2.45) is 0 Å². The number of methoxy groups -OCH3 is 1. The van der Waals surface area contributed by atoms with Crippen molar-refractivity contribution < 1.29 is 23.9 Å². The number of benzene rings is 3. The average molecular weight is 363 g/mol. The first-order valence-corrected chi connectivity index (χ1v) is 8.21. The van der Waals surface area contributed by atoms with E-state index >= 15 is 0 Å². The number of carbonyl (C=O) groups excluding carboxylic acids is 3. The molecule has 0 atom stereocenters. The lowest BCUT2D eigenvalue weighted by molar-refractivity contribution is -0.135. The van der Waals surface area contributed by atoms with E-state index in [2.05, 4.69) is 10.1 Å². The van der Waals surface area contributed by atoms with Gasteiger partial charge in [-0.2, -0.15) is 0 Å². The number of nitrogens with one attached hydrogen (secondary N) is 1. The maximum atomic E-state index is 12.0. The minimum absolute atomic E-state index is 0.152. The third kappa shape index (κ3) is 4.49. The monoisotopic (exact) mass is 363 g/mol. The van der Waals surface area contributed by atoms with Crippen LogP contribution < -0.4 is 10.1 Å². The van der Waals surface area contributed by atoms with Gasteiger partial charge in [-0.1, -0.05) is 30.3 Å². The van der Waals surface area contributed by atoms with Crippen LogP contribution in [-0.2, 0) is 14.3 Å². The molecule has 27 heavy (non-hydrogen) atoms. The summed E-state index contributed by atoms with van der Waals surface area (Å²) < 4.78 is 9.92. The number of fused-ring (bicyclic) bond motifs is 1. The summed E-state index contributed by atoms with van der Waals surface area (Å²) in [6.07, 6.45) is 0. The van der Waals surface area contributed by atoms with Gasteiger partial charge >= 0.3 is 5.97 Å². The van der Waals surface area contributed by atoms with Crippen LogP contribution in [0.2, 0.25) is 0 Å². The molecule has 0 aliphatic carbocycles. The molecule has 6 nitrogen and oxygen atoms in total. The highest BCUT2D eigenvalue weighted by molar-refractivity contribution is 6.40. The Morgan fingerprint density at radius 2 is 1.59 bits per heavy atom. The highest BCUT2D eigenvalue weighted by atomic mass is 16.5. The van der Waals surface area contributed by atoms with Crippen molar-refractivity contribution in [1.82, 2.24) is 0 Å². The highest BCUT2D eigenvalue weighted by Crippen LogP contribution is 2.20. The summed E-state index contributed by atoms with van der Waals surface area (Å²) in [5, 5.41) is 4.79. The molecule has 1 amide bonds. The van der Waals surface area contributed by atoms with Crippen LogP contribution in [0.5, 0.6) is 5.75 Å². The lowest BCUT2D eigenvalue weighted by atomic mass is 10.1. The molecule has 0 heterocycles. The molecule has 0 aliphatic rings. The van der Waals surface area contributed by atoms with Crippen molar-refractivity contribution in [1.29, 1.82) is 0 Å². The third-order valence-electron chi connectivity index (χ3n) is 3.89. The van der Waals surface area contributed by atoms with Crippen LogP contribution in [0.3, 0.4) is 0 Å². The summed E-state index contributed by atoms with van der Waals surface area (Å²) >= 11 is 0. The van der Waals surface area contributed by atoms with Crippen LogP contribution in [-0.4, -0.2) is 31.4 Å². The normalized spacial score (nSPS) is 10.3. The molecule has 0 bridgehead atoms. The van der Waals surface area contributed by atoms with Crippen LogP contribution in [0.4, 0.5) is 5.69 Å². The maximum absolute atomic E-state index is 12.0. The number of Topliss-reactive ketones (excluding diaryl/α,β-unsaturated/α-hetero) is 1. The van der Waals surface area contributed by atoms with E-state index in [1.54, 1.807) is 0 Å². The van der Waals surface area contributed by atoms with E-state index in [4.69, 9.17) is 4.74 Å². The second kappa shape index (κ2) is 8.14. The Balaban J connectivity index is 1.57. The molecule has 0 aliphatic heterocycles. The number of hydrogen-bond donors (Lipinski definition) is 1. The second-order valence-corrected chi connectivity index (χ2v) is 5.74. The van der Waals surface area contributed by atoms with Crippen LogP contribution in [0.25, 0.3) is 10.8 Å². The number of anilines is 1. The first-order valence-electron chi connectivity index (χ1n) is 8.21. The number of esters is 1. The highest BCUT2D eigenvalue weighted by Gasteiger charge is 2.16. The topological polar surface area (TPSA) is 81.7 Å². The van der Waals surface area contributed by atoms with Gasteiger partial charge in [0.25, 0.3) is 11.7 Å². The van der Waals surface area contributed by atoms with Crippen LogP contribution in [0, 0.1) is 0 Å². The summed E-state index contributed by atoms with van der Waals surface area (Å²) in [5.74, 6) is -1.41. The van der Waals surface area contributed by atoms with Crippen LogP contribution in [0.15, 0.2) is 66.7 Å². The Morgan fingerprint density at radius 1 is 0.889 bits per heavy atom. The molecule has 6 heteroatoms. The van der Waals surface area contributed by atoms with Gasteiger partial charge in [0.15, 0.2) is 6.61 Å². The molecule has 0 spiro atoms. The summed E-state index contributed by atoms with van der Waals surface area (Å²) in [7, 11) is 1.14. The van der Waals surface area contributed by atoms with Gasteiger partial charge in [-0.25, -0.2) is 4.79 Å². The van der Waals surface area contributed by atoms with E-state index in [1.807, 2.05) is 42.5 Å². The Kier molecular flexibility index (Phi) is 5.47. The van der Waals surface area contributed by atoms with Crippen molar-refractivity contribution >= 4 is 34.1 Å². The van der Waals surface area contributed by atoms with Gasteiger partial charge in [0, 0.05) is 11.3 Å². The third-order valence-corrected chi connectivity index (χ3v) is 3.89. The molecule has 0 unspecified atom stereocenters. The number of carbonyl (C=O) groups is 3. The van der Waals surface area contributed by atoms with Crippen molar-refractivity contribution in [3.63, 3.8) is 0 Å². The molecule has 0 saturated carbocycles. The predicted octanol–water partition coefficient (Wildman–Crippen LogP) is 3.21. The van der Waals surface area contributed by atoms with Crippen LogP contribution >= 0.6 is 0 Å². The lowest BCUT2D eigenvalue weighted by Gasteiger charge is -2.09. The summed E-state index contributed by atoms with van der Waals surface area (Å²) in [4.78, 5) is 34.9. The summed E-state index contributed by atoms with van der Waals surface area (Å²) in [6.45, 7) is -0.152. The molecule has 0 radical (unpaired) electrons. The quantitative estimate of drug-likeness (QED) is 0.413. The van der Waals surface area contributed by atoms with Crippen molar-refractivity contribution in [2.45, 2.75) is 0 Å². The standard InChI is InChI=1S/C21H17NO5/c1-26-21(25)20(24)15-6-9-17(10-7-15)22-19(23)13-27-18-11-8-14-4-2-3-5-16(14)12-18/h2-12H,13H2,1H3,(H,22,23). The molecule has 3 aromatic carbocycles. The first kappa shape index (κ1) is 18.1. The molecule has 0 fully saturated rings. The zero-order valence-electron chi connectivity index (χ0n) is 14.6. The molecule has 0 saturated heterocycles. The Labute approximate surface area is 155 Å². The number of hydrogen-bond acceptors (Lipinski definition) is 5. The predicted molar refractivity (Wildman–Crippen MR) is 101 cm³/mol. The molecule has 3 rings (SSSR count). The maximum Gasteiger partial charge on any atom is 0.379 e. The fraction of sp³-hybridized carbons (Fsp3) is 0.0952. The number of ether oxygens (including phenoxy) is 2. The smallest absolute Gasteiger partial charge is 0.379 e. The van der Waals surface area contributed by atoms with Crippen molar-refractivity contribution in [3.05, 3.63) is 72.3 Å². The number of ketones is 1. The Bertz CT molecular complexity index is 995. The average Bonchev–Trinajstić information content (AvgIpc) is 2.71. The molecule has 1 N–H and O–H groups in total. The SMILES string of the molecule is COC(=O)C(=O)c1ccc(NC(=O)COc2ccc3ccccc3c2)cc1. The number of rotatable bonds is 6. The minimum atomic E-state index is -0.935. The fourth-order valence-electron chi connectivity index (χ4n) is 2.52. The van der Waals surface area contributed by atoms with Gasteiger partial charge < -0.3 is 14.8 Å². The Hall–Kier alpha value is -3.67. The molecule has 3 aromatic rings. The van der Waals surface area contributed by atoms with Gasteiger partial charge in [-0.15, -0.1) is 0 Å². The van der Waals surface area contributed by atoms with E-state index < -0.39 is 11.8 Å². The van der Waals surface area contributed by atoms with E-state index in [0.717, 1.165) is 17.9 Å². The summed E-state index contributed by atoms with van der Waals surface area (Å²) in [6, 6.07) is 19.4. The minimum Gasteiger partial charge on any atom is -0.484 e. The zero-order valence-corrected chi connectivity index (χ0v) is 14.6. The lowest BCUT2D eigenvalue weighted by Crippen LogP contribution is -2.20.